The molecule has 9 heteroatoms. The van der Waals surface area contributed by atoms with Crippen molar-refractivity contribution in [3.05, 3.63) is 0 Å². The summed E-state index contributed by atoms with van der Waals surface area (Å²) in [5.74, 6) is -0.309. The summed E-state index contributed by atoms with van der Waals surface area (Å²) >= 11 is 0. The minimum atomic E-state index is -0.188. The van der Waals surface area contributed by atoms with Crippen molar-refractivity contribution in [3.8, 4) is 0 Å². The molecule has 0 bridgehead atoms. The average molecular weight is 479 g/mol. The van der Waals surface area contributed by atoms with E-state index in [0.29, 0.717) is 72.5 Å². The highest BCUT2D eigenvalue weighted by Gasteiger charge is 2.16. The maximum atomic E-state index is 11.9. The van der Waals surface area contributed by atoms with Crippen LogP contribution in [0.5, 0.6) is 0 Å². The molecule has 0 saturated carbocycles. The summed E-state index contributed by atoms with van der Waals surface area (Å²) in [7, 11) is 0. The zero-order chi connectivity index (χ0) is 24.4. The van der Waals surface area contributed by atoms with E-state index in [1.165, 1.54) is 0 Å². The largest absolute Gasteiger partial charge is 0.463 e. The first-order valence-electron chi connectivity index (χ1n) is 12.4. The van der Waals surface area contributed by atoms with Crippen LogP contribution >= 0.6 is 0 Å². The van der Waals surface area contributed by atoms with Crippen molar-refractivity contribution in [2.75, 3.05) is 79.3 Å². The molecule has 0 N–H and O–H groups in total. The fourth-order valence-corrected chi connectivity index (χ4v) is 2.73. The van der Waals surface area contributed by atoms with Gasteiger partial charge in [-0.2, -0.15) is 0 Å². The monoisotopic (exact) mass is 478 g/mol. The van der Waals surface area contributed by atoms with Crippen LogP contribution in [-0.2, 0) is 42.7 Å². The molecule has 0 aromatic rings. The molecule has 0 aromatic carbocycles. The molecule has 1 unspecified atom stereocenters. The van der Waals surface area contributed by atoms with Gasteiger partial charge in [-0.1, -0.05) is 33.6 Å². The Balaban J connectivity index is 3.24. The molecule has 0 aliphatic rings. The number of unbranched alkanes of at least 4 members (excludes halogenated alkanes) is 1. The normalized spacial score (nSPS) is 12.0. The maximum absolute atomic E-state index is 11.9. The smallest absolute Gasteiger partial charge is 0.308 e. The number of hydrogen-bond donors (Lipinski definition) is 0. The minimum Gasteiger partial charge on any atom is -0.463 e. The van der Waals surface area contributed by atoms with Crippen LogP contribution in [0.2, 0.25) is 0 Å². The van der Waals surface area contributed by atoms with E-state index >= 15 is 0 Å². The molecule has 0 spiro atoms. The van der Waals surface area contributed by atoms with E-state index in [-0.39, 0.29) is 31.1 Å². The van der Waals surface area contributed by atoms with Crippen molar-refractivity contribution in [1.82, 2.24) is 0 Å². The first-order valence-corrected chi connectivity index (χ1v) is 12.4. The number of rotatable bonds is 25. The molecule has 0 amide bonds. The first-order chi connectivity index (χ1) is 16.2. The van der Waals surface area contributed by atoms with E-state index in [1.54, 1.807) is 0 Å². The number of hydrogen-bond acceptors (Lipinski definition) is 9. The number of carbonyl (C=O) groups excluding carboxylic acids is 2. The Kier molecular flexibility index (Phi) is 24.4. The molecule has 33 heavy (non-hydrogen) atoms. The quantitative estimate of drug-likeness (QED) is 0.145. The van der Waals surface area contributed by atoms with Gasteiger partial charge in [0.25, 0.3) is 0 Å². The zero-order valence-corrected chi connectivity index (χ0v) is 21.0. The molecule has 0 fully saturated rings. The van der Waals surface area contributed by atoms with E-state index in [0.717, 1.165) is 32.1 Å². The van der Waals surface area contributed by atoms with Gasteiger partial charge in [0.05, 0.1) is 72.0 Å². The van der Waals surface area contributed by atoms with Gasteiger partial charge in [-0.25, -0.2) is 0 Å². The fraction of sp³-hybridized carbons (Fsp3) is 0.917. The molecule has 0 saturated heterocycles. The van der Waals surface area contributed by atoms with Gasteiger partial charge < -0.3 is 33.2 Å². The summed E-state index contributed by atoms with van der Waals surface area (Å²) in [6.07, 6.45) is 5.07. The van der Waals surface area contributed by atoms with Crippen LogP contribution < -0.4 is 0 Å². The third-order valence-electron chi connectivity index (χ3n) is 4.64. The highest BCUT2D eigenvalue weighted by atomic mass is 16.6. The molecular weight excluding hydrogens is 432 g/mol. The molecule has 9 nitrogen and oxygen atoms in total. The molecule has 0 radical (unpaired) electrons. The number of ether oxygens (including phenoxy) is 7. The van der Waals surface area contributed by atoms with E-state index in [1.807, 2.05) is 13.8 Å². The van der Waals surface area contributed by atoms with Gasteiger partial charge in [0.15, 0.2) is 0 Å². The van der Waals surface area contributed by atoms with Gasteiger partial charge in [-0.15, -0.1) is 0 Å². The molecule has 0 heterocycles. The number of carbonyl (C=O) groups is 2. The summed E-state index contributed by atoms with van der Waals surface area (Å²) in [5, 5.41) is 0. The Morgan fingerprint density at radius 3 is 1.39 bits per heavy atom. The van der Waals surface area contributed by atoms with E-state index in [9.17, 15) is 9.59 Å². The van der Waals surface area contributed by atoms with Crippen molar-refractivity contribution < 1.29 is 42.7 Å². The molecule has 196 valence electrons. The predicted molar refractivity (Wildman–Crippen MR) is 124 cm³/mol. The van der Waals surface area contributed by atoms with Crippen LogP contribution in [0.25, 0.3) is 0 Å². The number of esters is 2. The molecule has 0 aliphatic carbocycles. The van der Waals surface area contributed by atoms with Gasteiger partial charge in [0.2, 0.25) is 0 Å². The summed E-state index contributed by atoms with van der Waals surface area (Å²) in [5.41, 5.74) is 0. The summed E-state index contributed by atoms with van der Waals surface area (Å²) in [6, 6.07) is 0. The van der Waals surface area contributed by atoms with E-state index < -0.39 is 0 Å². The summed E-state index contributed by atoms with van der Waals surface area (Å²) < 4.78 is 37.2. The van der Waals surface area contributed by atoms with Gasteiger partial charge >= 0.3 is 11.9 Å². The van der Waals surface area contributed by atoms with E-state index in [2.05, 4.69) is 6.92 Å². The third-order valence-corrected chi connectivity index (χ3v) is 4.64. The Labute approximate surface area is 199 Å². The van der Waals surface area contributed by atoms with Gasteiger partial charge in [-0.05, 0) is 19.3 Å². The molecular formula is C24H46O9. The second-order valence-corrected chi connectivity index (χ2v) is 7.45. The lowest BCUT2D eigenvalue weighted by atomic mass is 10.00. The topological polar surface area (TPSA) is 98.8 Å². The van der Waals surface area contributed by atoms with Gasteiger partial charge in [0, 0.05) is 6.42 Å². The highest BCUT2D eigenvalue weighted by Crippen LogP contribution is 2.14. The van der Waals surface area contributed by atoms with Crippen LogP contribution in [-0.4, -0.2) is 91.2 Å². The first kappa shape index (κ1) is 31.7. The summed E-state index contributed by atoms with van der Waals surface area (Å²) in [4.78, 5) is 23.1. The molecule has 0 aromatic heterocycles. The average Bonchev–Trinajstić information content (AvgIpc) is 2.81. The second kappa shape index (κ2) is 25.4. The van der Waals surface area contributed by atoms with Crippen LogP contribution in [0.1, 0.15) is 59.3 Å². The second-order valence-electron chi connectivity index (χ2n) is 7.45. The van der Waals surface area contributed by atoms with Crippen LogP contribution in [0, 0.1) is 5.92 Å². The lowest BCUT2D eigenvalue weighted by Gasteiger charge is -2.13. The van der Waals surface area contributed by atoms with Crippen molar-refractivity contribution in [2.45, 2.75) is 59.3 Å². The van der Waals surface area contributed by atoms with Crippen LogP contribution in [0.15, 0.2) is 0 Å². The van der Waals surface area contributed by atoms with Crippen molar-refractivity contribution in [3.63, 3.8) is 0 Å². The third kappa shape index (κ3) is 22.3. The molecule has 0 rings (SSSR count). The minimum absolute atomic E-state index is 0.000263. The van der Waals surface area contributed by atoms with Crippen LogP contribution in [0.4, 0.5) is 0 Å². The van der Waals surface area contributed by atoms with Crippen molar-refractivity contribution in [2.24, 2.45) is 5.92 Å². The van der Waals surface area contributed by atoms with Crippen LogP contribution in [0.3, 0.4) is 0 Å². The van der Waals surface area contributed by atoms with E-state index in [4.69, 9.17) is 33.2 Å². The Hall–Kier alpha value is -1.26. The SMILES string of the molecule is CCCCC(CC)C(=O)OCCOCCOCCOCCOCCOCCOC(=O)CCC. The highest BCUT2D eigenvalue weighted by molar-refractivity contribution is 5.72. The van der Waals surface area contributed by atoms with Crippen molar-refractivity contribution >= 4 is 11.9 Å². The zero-order valence-electron chi connectivity index (χ0n) is 21.0. The Bertz CT molecular complexity index is 446. The standard InChI is InChI=1S/C24H46O9/c1-4-7-9-22(6-3)24(26)33-21-19-31-17-15-29-13-11-27-10-12-28-14-16-30-18-20-32-23(25)8-5-2/h22H,4-21H2,1-3H3. The van der Waals surface area contributed by atoms with Gasteiger partial charge in [0.1, 0.15) is 13.2 Å². The fourth-order valence-electron chi connectivity index (χ4n) is 2.73. The lowest BCUT2D eigenvalue weighted by Crippen LogP contribution is -2.20. The Morgan fingerprint density at radius 2 is 1.00 bits per heavy atom. The lowest BCUT2D eigenvalue weighted by molar-refractivity contribution is -0.150. The Morgan fingerprint density at radius 1 is 0.576 bits per heavy atom. The summed E-state index contributed by atoms with van der Waals surface area (Å²) in [6.45, 7) is 11.1. The van der Waals surface area contributed by atoms with Gasteiger partial charge in [-0.3, -0.25) is 9.59 Å². The maximum Gasteiger partial charge on any atom is 0.308 e. The predicted octanol–water partition coefficient (Wildman–Crippen LogP) is 3.17. The molecule has 1 atom stereocenters. The molecule has 0 aliphatic heterocycles. The van der Waals surface area contributed by atoms with Crippen molar-refractivity contribution in [1.29, 1.82) is 0 Å².